The smallest absolute Gasteiger partial charge is 0.216 e. The van der Waals surface area contributed by atoms with Crippen molar-refractivity contribution >= 4 is 79.4 Å². The predicted molar refractivity (Wildman–Crippen MR) is 132 cm³/mol. The molecule has 2 aromatic carbocycles. The fourth-order valence-corrected chi connectivity index (χ4v) is 4.77. The highest BCUT2D eigenvalue weighted by Gasteiger charge is 2.36. The van der Waals surface area contributed by atoms with Crippen LogP contribution in [0.25, 0.3) is 22.5 Å². The monoisotopic (exact) mass is 572 g/mol. The first kappa shape index (κ1) is 25.7. The van der Waals surface area contributed by atoms with Crippen LogP contribution in [0.1, 0.15) is 16.9 Å². The number of benzene rings is 2. The maximum absolute atomic E-state index is 13.2. The molecule has 1 aromatic heterocycles. The van der Waals surface area contributed by atoms with Crippen molar-refractivity contribution in [2.75, 3.05) is 6.26 Å². The van der Waals surface area contributed by atoms with Crippen LogP contribution in [-0.2, 0) is 17.4 Å². The summed E-state index contributed by atoms with van der Waals surface area (Å²) >= 11 is 37.1. The summed E-state index contributed by atoms with van der Waals surface area (Å²) in [7, 11) is -3.43. The molecule has 0 fully saturated rings. The molecular formula is C21H14Cl6O4S. The molecule has 11 heteroatoms. The highest BCUT2D eigenvalue weighted by Crippen LogP contribution is 2.51. The molecule has 0 spiro atoms. The summed E-state index contributed by atoms with van der Waals surface area (Å²) in [5.74, 6) is 0.412. The van der Waals surface area contributed by atoms with E-state index in [2.05, 4.69) is 0 Å². The van der Waals surface area contributed by atoms with Gasteiger partial charge in [0.2, 0.25) is 7.59 Å². The van der Waals surface area contributed by atoms with Gasteiger partial charge in [-0.3, -0.25) is 4.79 Å². The Hall–Kier alpha value is -0.920. The Bertz CT molecular complexity index is 1300. The minimum atomic E-state index is -3.43. The van der Waals surface area contributed by atoms with Gasteiger partial charge in [0.25, 0.3) is 0 Å². The highest BCUT2D eigenvalue weighted by molar-refractivity contribution is 7.90. The molecule has 0 N–H and O–H groups in total. The van der Waals surface area contributed by atoms with Gasteiger partial charge in [0.05, 0.1) is 10.5 Å². The summed E-state index contributed by atoms with van der Waals surface area (Å²) < 4.78 is 25.6. The van der Waals surface area contributed by atoms with Gasteiger partial charge in [-0.15, -0.1) is 0 Å². The van der Waals surface area contributed by atoms with Crippen LogP contribution in [0.2, 0.25) is 0 Å². The topological polar surface area (TPSA) is 64.3 Å². The maximum atomic E-state index is 13.2. The zero-order chi connectivity index (χ0) is 24.1. The summed E-state index contributed by atoms with van der Waals surface area (Å²) in [4.78, 5) is 13.3. The first-order valence-electron chi connectivity index (χ1n) is 8.83. The SMILES string of the molecule is Cc1cc(=O)c(-c2c(C(Cl)(Cl)Cl)cccc2C(Cl)(Cl)Cl)c(-c2ccc(S(C)(=O)=O)cc2)o1. The Morgan fingerprint density at radius 3 is 1.75 bits per heavy atom. The van der Waals surface area contributed by atoms with Gasteiger partial charge < -0.3 is 4.42 Å². The summed E-state index contributed by atoms with van der Waals surface area (Å²) in [6, 6.07) is 11.6. The van der Waals surface area contributed by atoms with Crippen LogP contribution in [0.5, 0.6) is 0 Å². The lowest BCUT2D eigenvalue weighted by Gasteiger charge is -2.24. The van der Waals surface area contributed by atoms with Crippen LogP contribution in [0, 0.1) is 6.92 Å². The Morgan fingerprint density at radius 2 is 1.31 bits per heavy atom. The number of halogens is 6. The van der Waals surface area contributed by atoms with Crippen LogP contribution >= 0.6 is 69.6 Å². The molecule has 0 unspecified atom stereocenters. The van der Waals surface area contributed by atoms with Gasteiger partial charge in [0, 0.05) is 34.6 Å². The average molecular weight is 575 g/mol. The second-order valence-electron chi connectivity index (χ2n) is 6.95. The van der Waals surface area contributed by atoms with Gasteiger partial charge >= 0.3 is 0 Å². The molecule has 0 bridgehead atoms. The third-order valence-corrected chi connectivity index (χ3v) is 6.89. The van der Waals surface area contributed by atoms with Crippen molar-refractivity contribution in [1.82, 2.24) is 0 Å². The molecule has 0 aliphatic rings. The van der Waals surface area contributed by atoms with E-state index in [1.165, 1.54) is 48.5 Å². The summed E-state index contributed by atoms with van der Waals surface area (Å²) in [6.45, 7) is 1.59. The lowest BCUT2D eigenvalue weighted by molar-refractivity contribution is 0.531. The van der Waals surface area contributed by atoms with Gasteiger partial charge in [0.15, 0.2) is 15.3 Å². The fourth-order valence-electron chi connectivity index (χ4n) is 3.20. The van der Waals surface area contributed by atoms with Gasteiger partial charge in [-0.2, -0.15) is 0 Å². The fraction of sp³-hybridized carbons (Fsp3) is 0.190. The molecule has 0 radical (unpaired) electrons. The van der Waals surface area contributed by atoms with E-state index in [4.69, 9.17) is 74.0 Å². The van der Waals surface area contributed by atoms with Crippen molar-refractivity contribution in [3.05, 3.63) is 75.6 Å². The molecule has 170 valence electrons. The van der Waals surface area contributed by atoms with E-state index >= 15 is 0 Å². The van der Waals surface area contributed by atoms with Crippen molar-refractivity contribution in [3.63, 3.8) is 0 Å². The second-order valence-corrected chi connectivity index (χ2v) is 13.5. The Morgan fingerprint density at radius 1 is 0.812 bits per heavy atom. The lowest BCUT2D eigenvalue weighted by atomic mass is 9.92. The van der Waals surface area contributed by atoms with Crippen molar-refractivity contribution in [2.45, 2.75) is 19.4 Å². The standard InChI is InChI=1S/C21H14Cl6O4S/c1-11-10-16(28)18(19(31-11)12-6-8-13(9-7-12)32(2,29)30)17-14(20(22,23)24)4-3-5-15(17)21(25,26)27/h3-10H,1-2H3. The molecule has 0 saturated carbocycles. The minimum Gasteiger partial charge on any atom is -0.460 e. The van der Waals surface area contributed by atoms with Gasteiger partial charge in [0.1, 0.15) is 11.5 Å². The Kier molecular flexibility index (Phi) is 7.25. The molecular weight excluding hydrogens is 561 g/mol. The van der Waals surface area contributed by atoms with Gasteiger partial charge in [-0.25, -0.2) is 8.42 Å². The highest BCUT2D eigenvalue weighted by atomic mass is 35.6. The number of sulfone groups is 1. The van der Waals surface area contributed by atoms with Crippen LogP contribution in [0.15, 0.2) is 62.6 Å². The third-order valence-electron chi connectivity index (χ3n) is 4.54. The molecule has 0 saturated heterocycles. The molecule has 3 aromatic rings. The maximum Gasteiger partial charge on any atom is 0.216 e. The molecule has 0 aliphatic carbocycles. The normalized spacial score (nSPS) is 12.8. The molecule has 0 aliphatic heterocycles. The molecule has 0 atom stereocenters. The lowest BCUT2D eigenvalue weighted by Crippen LogP contribution is -2.15. The molecule has 1 heterocycles. The largest absolute Gasteiger partial charge is 0.460 e. The molecule has 3 rings (SSSR count). The van der Waals surface area contributed by atoms with E-state index in [0.717, 1.165) is 6.26 Å². The molecule has 4 nitrogen and oxygen atoms in total. The van der Waals surface area contributed by atoms with Crippen LogP contribution in [0.3, 0.4) is 0 Å². The van der Waals surface area contributed by atoms with Gasteiger partial charge in [-0.1, -0.05) is 87.8 Å². The molecule has 0 amide bonds. The average Bonchev–Trinajstić information content (AvgIpc) is 2.65. The number of alkyl halides is 6. The summed E-state index contributed by atoms with van der Waals surface area (Å²) in [6.07, 6.45) is 1.09. The number of hydrogen-bond donors (Lipinski definition) is 0. The number of hydrogen-bond acceptors (Lipinski definition) is 4. The van der Waals surface area contributed by atoms with E-state index < -0.39 is 22.9 Å². The van der Waals surface area contributed by atoms with Crippen molar-refractivity contribution in [2.24, 2.45) is 0 Å². The van der Waals surface area contributed by atoms with Crippen LogP contribution < -0.4 is 5.43 Å². The quantitative estimate of drug-likeness (QED) is 0.307. The third kappa shape index (κ3) is 5.41. The first-order valence-corrected chi connectivity index (χ1v) is 13.0. The zero-order valence-electron chi connectivity index (χ0n) is 16.4. The van der Waals surface area contributed by atoms with Gasteiger partial charge in [-0.05, 0) is 31.2 Å². The predicted octanol–water partition coefficient (Wildman–Crippen LogP) is 7.34. The zero-order valence-corrected chi connectivity index (χ0v) is 21.8. The van der Waals surface area contributed by atoms with Crippen LogP contribution in [-0.4, -0.2) is 14.7 Å². The Balaban J connectivity index is 2.45. The Labute approximate surface area is 214 Å². The van der Waals surface area contributed by atoms with E-state index in [-0.39, 0.29) is 32.9 Å². The minimum absolute atomic E-state index is 0.00551. The first-order chi connectivity index (χ1) is 14.6. The number of rotatable bonds is 3. The van der Waals surface area contributed by atoms with Crippen LogP contribution in [0.4, 0.5) is 0 Å². The van der Waals surface area contributed by atoms with Crippen molar-refractivity contribution in [3.8, 4) is 22.5 Å². The van der Waals surface area contributed by atoms with Crippen molar-refractivity contribution < 1.29 is 12.8 Å². The van der Waals surface area contributed by atoms with E-state index in [9.17, 15) is 13.2 Å². The number of aryl methyl sites for hydroxylation is 1. The van der Waals surface area contributed by atoms with E-state index in [1.54, 1.807) is 6.92 Å². The molecule has 32 heavy (non-hydrogen) atoms. The van der Waals surface area contributed by atoms with E-state index in [1.807, 2.05) is 0 Å². The van der Waals surface area contributed by atoms with E-state index in [0.29, 0.717) is 11.3 Å². The second kappa shape index (κ2) is 9.03. The summed E-state index contributed by atoms with van der Waals surface area (Å²) in [5, 5.41) is 0. The van der Waals surface area contributed by atoms with Crippen molar-refractivity contribution in [1.29, 1.82) is 0 Å². The summed E-state index contributed by atoms with van der Waals surface area (Å²) in [5.41, 5.74) is 0.262.